The van der Waals surface area contributed by atoms with Gasteiger partial charge >= 0.3 is 0 Å². The van der Waals surface area contributed by atoms with E-state index in [9.17, 15) is 9.59 Å². The van der Waals surface area contributed by atoms with E-state index in [0.29, 0.717) is 5.56 Å². The maximum Gasteiger partial charge on any atom is 0.258 e. The molecule has 1 N–H and O–H groups in total. The molecule has 2 aromatic carbocycles. The van der Waals surface area contributed by atoms with Crippen LogP contribution in [0.15, 0.2) is 48.5 Å². The van der Waals surface area contributed by atoms with Gasteiger partial charge in [0.2, 0.25) is 5.91 Å². The second-order valence-corrected chi connectivity index (χ2v) is 6.77. The van der Waals surface area contributed by atoms with Gasteiger partial charge in [0.1, 0.15) is 0 Å². The van der Waals surface area contributed by atoms with Gasteiger partial charge in [-0.05, 0) is 61.6 Å². The van der Waals surface area contributed by atoms with Crippen molar-refractivity contribution in [2.45, 2.75) is 39.5 Å². The lowest BCUT2D eigenvalue weighted by atomic mass is 9.99. The Morgan fingerprint density at radius 3 is 2.50 bits per heavy atom. The number of fused-ring (bicyclic) bond motifs is 1. The van der Waals surface area contributed by atoms with Gasteiger partial charge in [-0.1, -0.05) is 32.0 Å². The molecule has 1 aliphatic heterocycles. The van der Waals surface area contributed by atoms with Crippen molar-refractivity contribution in [2.24, 2.45) is 5.92 Å². The van der Waals surface area contributed by atoms with E-state index in [1.807, 2.05) is 67.3 Å². The highest BCUT2D eigenvalue weighted by molar-refractivity contribution is 6.07. The SMILES string of the molecule is CCC(CC)C(=O)Nc1ccc2c(c1)CCCN2C(=O)c1ccccc1. The highest BCUT2D eigenvalue weighted by Crippen LogP contribution is 2.31. The Bertz CT molecular complexity index is 782. The first-order chi connectivity index (χ1) is 12.6. The molecule has 1 aliphatic rings. The molecule has 4 heteroatoms. The number of anilines is 2. The van der Waals surface area contributed by atoms with Gasteiger partial charge in [-0.15, -0.1) is 0 Å². The van der Waals surface area contributed by atoms with Crippen molar-refractivity contribution >= 4 is 23.2 Å². The van der Waals surface area contributed by atoms with E-state index in [4.69, 9.17) is 0 Å². The van der Waals surface area contributed by atoms with Gasteiger partial charge in [0, 0.05) is 29.4 Å². The number of hydrogen-bond donors (Lipinski definition) is 1. The molecule has 0 saturated carbocycles. The molecule has 26 heavy (non-hydrogen) atoms. The minimum atomic E-state index is 0.0281. The molecule has 0 bridgehead atoms. The van der Waals surface area contributed by atoms with E-state index >= 15 is 0 Å². The number of benzene rings is 2. The van der Waals surface area contributed by atoms with Crippen LogP contribution in [-0.4, -0.2) is 18.4 Å². The zero-order chi connectivity index (χ0) is 18.5. The number of rotatable bonds is 5. The van der Waals surface area contributed by atoms with Gasteiger partial charge in [-0.3, -0.25) is 9.59 Å². The molecule has 0 radical (unpaired) electrons. The molecule has 0 aromatic heterocycles. The monoisotopic (exact) mass is 350 g/mol. The van der Waals surface area contributed by atoms with Gasteiger partial charge in [0.25, 0.3) is 5.91 Å². The summed E-state index contributed by atoms with van der Waals surface area (Å²) in [5.41, 5.74) is 3.58. The van der Waals surface area contributed by atoms with Crippen LogP contribution in [-0.2, 0) is 11.2 Å². The van der Waals surface area contributed by atoms with Crippen molar-refractivity contribution in [1.29, 1.82) is 0 Å². The van der Waals surface area contributed by atoms with E-state index in [1.54, 1.807) is 0 Å². The van der Waals surface area contributed by atoms with Crippen LogP contribution in [0.5, 0.6) is 0 Å². The van der Waals surface area contributed by atoms with Crippen LogP contribution in [0, 0.1) is 5.92 Å². The highest BCUT2D eigenvalue weighted by atomic mass is 16.2. The quantitative estimate of drug-likeness (QED) is 0.853. The van der Waals surface area contributed by atoms with Crippen LogP contribution in [0.1, 0.15) is 49.0 Å². The number of nitrogens with zero attached hydrogens (tertiary/aromatic N) is 1. The molecule has 2 aromatic rings. The normalized spacial score (nSPS) is 13.4. The Balaban J connectivity index is 1.81. The molecule has 0 saturated heterocycles. The second-order valence-electron chi connectivity index (χ2n) is 6.77. The summed E-state index contributed by atoms with van der Waals surface area (Å²) in [6.45, 7) is 4.79. The molecule has 3 rings (SSSR count). The first kappa shape index (κ1) is 18.2. The van der Waals surface area contributed by atoms with Crippen molar-refractivity contribution in [1.82, 2.24) is 0 Å². The minimum Gasteiger partial charge on any atom is -0.326 e. The molecule has 0 atom stereocenters. The first-order valence-corrected chi connectivity index (χ1v) is 9.44. The van der Waals surface area contributed by atoms with E-state index in [2.05, 4.69) is 5.32 Å². The predicted octanol–water partition coefficient (Wildman–Crippen LogP) is 4.65. The minimum absolute atomic E-state index is 0.0281. The first-order valence-electron chi connectivity index (χ1n) is 9.44. The van der Waals surface area contributed by atoms with E-state index in [0.717, 1.165) is 49.2 Å². The molecule has 0 aliphatic carbocycles. The Morgan fingerprint density at radius 2 is 1.81 bits per heavy atom. The maximum absolute atomic E-state index is 12.8. The standard InChI is InChI=1S/C22H26N2O2/c1-3-16(4-2)21(25)23-19-12-13-20-18(15-19)11-8-14-24(20)22(26)17-9-6-5-7-10-17/h5-7,9-10,12-13,15-16H,3-4,8,11,14H2,1-2H3,(H,23,25). The van der Waals surface area contributed by atoms with Crippen LogP contribution in [0.3, 0.4) is 0 Å². The summed E-state index contributed by atoms with van der Waals surface area (Å²) >= 11 is 0. The summed E-state index contributed by atoms with van der Waals surface area (Å²) in [6.07, 6.45) is 3.53. The fourth-order valence-electron chi connectivity index (χ4n) is 3.53. The van der Waals surface area contributed by atoms with Gasteiger partial charge in [-0.25, -0.2) is 0 Å². The molecule has 2 amide bonds. The summed E-state index contributed by atoms with van der Waals surface area (Å²) < 4.78 is 0. The fraction of sp³-hybridized carbons (Fsp3) is 0.364. The summed E-state index contributed by atoms with van der Waals surface area (Å²) in [5.74, 6) is 0.144. The maximum atomic E-state index is 12.8. The third kappa shape index (κ3) is 3.79. The average molecular weight is 350 g/mol. The average Bonchev–Trinajstić information content (AvgIpc) is 2.68. The van der Waals surface area contributed by atoms with Crippen LogP contribution < -0.4 is 10.2 Å². The molecule has 0 fully saturated rings. The van der Waals surface area contributed by atoms with Crippen LogP contribution >= 0.6 is 0 Å². The fourth-order valence-corrected chi connectivity index (χ4v) is 3.53. The molecular formula is C22H26N2O2. The zero-order valence-electron chi connectivity index (χ0n) is 15.5. The molecule has 0 spiro atoms. The van der Waals surface area contributed by atoms with Crippen molar-refractivity contribution in [3.8, 4) is 0 Å². The number of carbonyl (C=O) groups is 2. The molecule has 0 unspecified atom stereocenters. The second kappa shape index (κ2) is 8.17. The van der Waals surface area contributed by atoms with E-state index in [-0.39, 0.29) is 17.7 Å². The summed E-state index contributed by atoms with van der Waals surface area (Å²) in [5, 5.41) is 3.03. The van der Waals surface area contributed by atoms with Crippen LogP contribution in [0.2, 0.25) is 0 Å². The van der Waals surface area contributed by atoms with Gasteiger partial charge in [-0.2, -0.15) is 0 Å². The smallest absolute Gasteiger partial charge is 0.258 e. The zero-order valence-corrected chi connectivity index (χ0v) is 15.5. The Morgan fingerprint density at radius 1 is 1.08 bits per heavy atom. The Hall–Kier alpha value is -2.62. The summed E-state index contributed by atoms with van der Waals surface area (Å²) in [7, 11) is 0. The Kier molecular flexibility index (Phi) is 5.71. The summed E-state index contributed by atoms with van der Waals surface area (Å²) in [4.78, 5) is 27.0. The van der Waals surface area contributed by atoms with Gasteiger partial charge in [0.05, 0.1) is 0 Å². The largest absolute Gasteiger partial charge is 0.326 e. The third-order valence-corrected chi connectivity index (χ3v) is 5.09. The molecule has 1 heterocycles. The number of amides is 2. The molecular weight excluding hydrogens is 324 g/mol. The lowest BCUT2D eigenvalue weighted by Crippen LogP contribution is -2.35. The van der Waals surface area contributed by atoms with E-state index < -0.39 is 0 Å². The lowest BCUT2D eigenvalue weighted by molar-refractivity contribution is -0.120. The number of hydrogen-bond acceptors (Lipinski definition) is 2. The predicted molar refractivity (Wildman–Crippen MR) is 106 cm³/mol. The lowest BCUT2D eigenvalue weighted by Gasteiger charge is -2.30. The topological polar surface area (TPSA) is 49.4 Å². The highest BCUT2D eigenvalue weighted by Gasteiger charge is 2.24. The number of carbonyl (C=O) groups excluding carboxylic acids is 2. The van der Waals surface area contributed by atoms with Crippen molar-refractivity contribution < 1.29 is 9.59 Å². The van der Waals surface area contributed by atoms with Gasteiger partial charge in [0.15, 0.2) is 0 Å². The van der Waals surface area contributed by atoms with Crippen LogP contribution in [0.25, 0.3) is 0 Å². The molecule has 4 nitrogen and oxygen atoms in total. The van der Waals surface area contributed by atoms with Crippen molar-refractivity contribution in [2.75, 3.05) is 16.8 Å². The third-order valence-electron chi connectivity index (χ3n) is 5.09. The molecule has 136 valence electrons. The Labute approximate surface area is 155 Å². The number of aryl methyl sites for hydroxylation is 1. The van der Waals surface area contributed by atoms with Gasteiger partial charge < -0.3 is 10.2 Å². The van der Waals surface area contributed by atoms with Crippen LogP contribution in [0.4, 0.5) is 11.4 Å². The number of nitrogens with one attached hydrogen (secondary N) is 1. The van der Waals surface area contributed by atoms with Crippen molar-refractivity contribution in [3.05, 3.63) is 59.7 Å². The van der Waals surface area contributed by atoms with E-state index in [1.165, 1.54) is 0 Å². The van der Waals surface area contributed by atoms with Crippen molar-refractivity contribution in [3.63, 3.8) is 0 Å². The summed E-state index contributed by atoms with van der Waals surface area (Å²) in [6, 6.07) is 15.2.